The molecule has 1 N–H and O–H groups in total. The van der Waals surface area contributed by atoms with Crippen LogP contribution in [0.1, 0.15) is 5.56 Å². The first kappa shape index (κ1) is 9.48. The average Bonchev–Trinajstić information content (AvgIpc) is 2.78. The molecule has 0 amide bonds. The van der Waals surface area contributed by atoms with Crippen LogP contribution >= 0.6 is 11.6 Å². The van der Waals surface area contributed by atoms with Crippen LogP contribution in [-0.4, -0.2) is 4.98 Å². The van der Waals surface area contributed by atoms with E-state index in [4.69, 9.17) is 16.0 Å². The molecule has 0 radical (unpaired) electrons. The van der Waals surface area contributed by atoms with Crippen LogP contribution in [0.5, 0.6) is 0 Å². The van der Waals surface area contributed by atoms with Crippen molar-refractivity contribution in [3.8, 4) is 0 Å². The van der Waals surface area contributed by atoms with Crippen molar-refractivity contribution in [2.24, 2.45) is 0 Å². The van der Waals surface area contributed by atoms with Gasteiger partial charge in [-0.1, -0.05) is 6.07 Å². The summed E-state index contributed by atoms with van der Waals surface area (Å²) in [5.74, 6) is 0.425. The van der Waals surface area contributed by atoms with Crippen molar-refractivity contribution in [2.45, 2.75) is 5.88 Å². The van der Waals surface area contributed by atoms with Crippen molar-refractivity contribution >= 4 is 33.5 Å². The predicted molar refractivity (Wildman–Crippen MR) is 63.9 cm³/mol. The van der Waals surface area contributed by atoms with E-state index in [1.807, 2.05) is 18.2 Å². The standard InChI is InChI=1S/C12H8ClNO2/c13-6-7-1-2-8-10(5-7)14-12(15)9-3-4-16-11(8)9/h1-5H,6H2,(H,14,15). The summed E-state index contributed by atoms with van der Waals surface area (Å²) in [4.78, 5) is 14.5. The fraction of sp³-hybridized carbons (Fsp3) is 0.0833. The largest absolute Gasteiger partial charge is 0.463 e. The highest BCUT2D eigenvalue weighted by Gasteiger charge is 2.07. The lowest BCUT2D eigenvalue weighted by atomic mass is 10.1. The SMILES string of the molecule is O=c1[nH]c2cc(CCl)ccc2c2occc12. The number of H-pyrrole nitrogens is 1. The molecule has 3 aromatic rings. The van der Waals surface area contributed by atoms with E-state index < -0.39 is 0 Å². The van der Waals surface area contributed by atoms with Crippen LogP contribution in [0.3, 0.4) is 0 Å². The van der Waals surface area contributed by atoms with Gasteiger partial charge in [-0.25, -0.2) is 0 Å². The van der Waals surface area contributed by atoms with Gasteiger partial charge in [-0.05, 0) is 23.8 Å². The zero-order chi connectivity index (χ0) is 11.1. The minimum Gasteiger partial charge on any atom is -0.463 e. The van der Waals surface area contributed by atoms with Gasteiger partial charge in [0.1, 0.15) is 5.58 Å². The molecule has 16 heavy (non-hydrogen) atoms. The maximum atomic E-state index is 11.7. The Labute approximate surface area is 95.6 Å². The van der Waals surface area contributed by atoms with Crippen LogP contribution in [0.4, 0.5) is 0 Å². The molecular formula is C12H8ClNO2. The van der Waals surface area contributed by atoms with E-state index in [0.29, 0.717) is 16.8 Å². The van der Waals surface area contributed by atoms with E-state index in [2.05, 4.69) is 4.98 Å². The lowest BCUT2D eigenvalue weighted by Crippen LogP contribution is -2.04. The van der Waals surface area contributed by atoms with E-state index >= 15 is 0 Å². The highest BCUT2D eigenvalue weighted by molar-refractivity contribution is 6.17. The normalized spacial score (nSPS) is 11.3. The second kappa shape index (κ2) is 3.39. The number of nitrogens with one attached hydrogen (secondary N) is 1. The number of rotatable bonds is 1. The first-order valence-electron chi connectivity index (χ1n) is 4.87. The Bertz CT molecular complexity index is 727. The molecule has 4 heteroatoms. The summed E-state index contributed by atoms with van der Waals surface area (Å²) >= 11 is 5.75. The van der Waals surface area contributed by atoms with Crippen molar-refractivity contribution in [3.63, 3.8) is 0 Å². The number of aromatic nitrogens is 1. The van der Waals surface area contributed by atoms with Crippen LogP contribution < -0.4 is 5.56 Å². The molecule has 2 aromatic heterocycles. The van der Waals surface area contributed by atoms with Gasteiger partial charge in [-0.3, -0.25) is 4.79 Å². The number of pyridine rings is 1. The number of fused-ring (bicyclic) bond motifs is 3. The first-order valence-corrected chi connectivity index (χ1v) is 5.41. The van der Waals surface area contributed by atoms with Gasteiger partial charge in [0.25, 0.3) is 5.56 Å². The van der Waals surface area contributed by atoms with E-state index in [0.717, 1.165) is 16.5 Å². The van der Waals surface area contributed by atoms with Gasteiger partial charge < -0.3 is 9.40 Å². The van der Waals surface area contributed by atoms with E-state index in [-0.39, 0.29) is 5.56 Å². The Morgan fingerprint density at radius 2 is 2.12 bits per heavy atom. The van der Waals surface area contributed by atoms with Crippen LogP contribution in [-0.2, 0) is 5.88 Å². The Morgan fingerprint density at radius 1 is 1.25 bits per heavy atom. The van der Waals surface area contributed by atoms with E-state index in [1.54, 1.807) is 6.07 Å². The third-order valence-corrected chi connectivity index (χ3v) is 2.95. The van der Waals surface area contributed by atoms with Gasteiger partial charge in [0.05, 0.1) is 17.2 Å². The molecule has 0 fully saturated rings. The zero-order valence-corrected chi connectivity index (χ0v) is 9.04. The number of alkyl halides is 1. The lowest BCUT2D eigenvalue weighted by molar-refractivity contribution is 0.619. The Kier molecular flexibility index (Phi) is 2.01. The van der Waals surface area contributed by atoms with Crippen LogP contribution in [0, 0.1) is 0 Å². The number of benzene rings is 1. The zero-order valence-electron chi connectivity index (χ0n) is 8.29. The summed E-state index contributed by atoms with van der Waals surface area (Å²) in [6.45, 7) is 0. The fourth-order valence-electron chi connectivity index (χ4n) is 1.86. The summed E-state index contributed by atoms with van der Waals surface area (Å²) in [6.07, 6.45) is 1.52. The molecule has 0 aliphatic carbocycles. The van der Waals surface area contributed by atoms with Gasteiger partial charge in [0.2, 0.25) is 0 Å². The molecule has 1 aromatic carbocycles. The molecule has 0 atom stereocenters. The van der Waals surface area contributed by atoms with Gasteiger partial charge in [-0.15, -0.1) is 11.6 Å². The number of hydrogen-bond acceptors (Lipinski definition) is 2. The predicted octanol–water partition coefficient (Wildman–Crippen LogP) is 3.01. The van der Waals surface area contributed by atoms with Gasteiger partial charge in [0, 0.05) is 11.3 Å². The molecule has 3 rings (SSSR count). The quantitative estimate of drug-likeness (QED) is 0.657. The minimum atomic E-state index is -0.136. The van der Waals surface area contributed by atoms with Gasteiger partial charge in [-0.2, -0.15) is 0 Å². The number of aromatic amines is 1. The summed E-state index contributed by atoms with van der Waals surface area (Å²) in [5, 5.41) is 1.47. The molecule has 0 aliphatic rings. The second-order valence-electron chi connectivity index (χ2n) is 3.63. The van der Waals surface area contributed by atoms with Crippen LogP contribution in [0.25, 0.3) is 21.9 Å². The molecule has 3 nitrogen and oxygen atoms in total. The fourth-order valence-corrected chi connectivity index (χ4v) is 2.03. The van der Waals surface area contributed by atoms with Crippen LogP contribution in [0.15, 0.2) is 39.7 Å². The number of hydrogen-bond donors (Lipinski definition) is 1. The topological polar surface area (TPSA) is 46.0 Å². The van der Waals surface area contributed by atoms with Crippen molar-refractivity contribution < 1.29 is 4.42 Å². The molecular weight excluding hydrogens is 226 g/mol. The minimum absolute atomic E-state index is 0.136. The summed E-state index contributed by atoms with van der Waals surface area (Å²) in [5.41, 5.74) is 2.21. The lowest BCUT2D eigenvalue weighted by Gasteiger charge is -2.00. The van der Waals surface area contributed by atoms with Crippen molar-refractivity contribution in [1.82, 2.24) is 4.98 Å². The molecule has 2 heterocycles. The van der Waals surface area contributed by atoms with E-state index in [9.17, 15) is 4.79 Å². The van der Waals surface area contributed by atoms with Crippen molar-refractivity contribution in [3.05, 3.63) is 46.4 Å². The Balaban J connectivity index is 2.53. The smallest absolute Gasteiger partial charge is 0.259 e. The highest BCUT2D eigenvalue weighted by atomic mass is 35.5. The van der Waals surface area contributed by atoms with Crippen molar-refractivity contribution in [2.75, 3.05) is 0 Å². The molecule has 0 spiro atoms. The molecule has 0 unspecified atom stereocenters. The number of furan rings is 1. The third-order valence-electron chi connectivity index (χ3n) is 2.64. The van der Waals surface area contributed by atoms with Gasteiger partial charge in [0.15, 0.2) is 0 Å². The number of halogens is 1. The Morgan fingerprint density at radius 3 is 2.94 bits per heavy atom. The molecule has 0 saturated carbocycles. The van der Waals surface area contributed by atoms with Crippen LogP contribution in [0.2, 0.25) is 0 Å². The average molecular weight is 234 g/mol. The van der Waals surface area contributed by atoms with E-state index in [1.165, 1.54) is 6.26 Å². The molecule has 0 saturated heterocycles. The molecule has 0 aliphatic heterocycles. The first-order chi connectivity index (χ1) is 7.79. The highest BCUT2D eigenvalue weighted by Crippen LogP contribution is 2.23. The summed E-state index contributed by atoms with van der Waals surface area (Å²) in [7, 11) is 0. The third kappa shape index (κ3) is 1.25. The molecule has 80 valence electrons. The summed E-state index contributed by atoms with van der Waals surface area (Å²) < 4.78 is 5.33. The monoisotopic (exact) mass is 233 g/mol. The maximum Gasteiger partial charge on any atom is 0.259 e. The maximum absolute atomic E-state index is 11.7. The Hall–Kier alpha value is -1.74. The van der Waals surface area contributed by atoms with Crippen molar-refractivity contribution in [1.29, 1.82) is 0 Å². The van der Waals surface area contributed by atoms with Gasteiger partial charge >= 0.3 is 0 Å². The second-order valence-corrected chi connectivity index (χ2v) is 3.90. The summed E-state index contributed by atoms with van der Waals surface area (Å²) in [6, 6.07) is 7.37. The molecule has 0 bridgehead atoms.